The lowest BCUT2D eigenvalue weighted by atomic mass is 9.94. The number of morpholine rings is 1. The van der Waals surface area contributed by atoms with Crippen molar-refractivity contribution in [2.45, 2.75) is 26.3 Å². The van der Waals surface area contributed by atoms with E-state index in [1.54, 1.807) is 30.3 Å². The zero-order chi connectivity index (χ0) is 26.5. The van der Waals surface area contributed by atoms with Gasteiger partial charge in [0.25, 0.3) is 11.7 Å². The number of hydrogen-bond donors (Lipinski definition) is 2. The van der Waals surface area contributed by atoms with Gasteiger partial charge in [-0.15, -0.1) is 0 Å². The minimum absolute atomic E-state index is 0.0662. The molecule has 0 aliphatic carbocycles. The number of ketones is 1. The molecule has 37 heavy (non-hydrogen) atoms. The summed E-state index contributed by atoms with van der Waals surface area (Å²) in [5.74, 6) is -1.07. The van der Waals surface area contributed by atoms with Gasteiger partial charge in [0.2, 0.25) is 0 Å². The number of likely N-dealkylation sites (tertiary alicyclic amines) is 1. The molecule has 0 aromatic heterocycles. The van der Waals surface area contributed by atoms with E-state index in [4.69, 9.17) is 14.2 Å². The average Bonchev–Trinajstić information content (AvgIpc) is 3.15. The number of nitrogens with zero attached hydrogens (tertiary/aromatic N) is 2. The number of carbonyl (C=O) groups is 2. The molecule has 4 rings (SSSR count). The number of phenols is 1. The maximum absolute atomic E-state index is 13.3. The van der Waals surface area contributed by atoms with Crippen LogP contribution in [-0.4, -0.2) is 84.8 Å². The summed E-state index contributed by atoms with van der Waals surface area (Å²) < 4.78 is 16.6. The Balaban J connectivity index is 1.75. The summed E-state index contributed by atoms with van der Waals surface area (Å²) in [6.07, 6.45) is 0.646. The Morgan fingerprint density at radius 1 is 1.08 bits per heavy atom. The van der Waals surface area contributed by atoms with Gasteiger partial charge >= 0.3 is 0 Å². The molecule has 1 unspecified atom stereocenters. The monoisotopic (exact) mass is 510 g/mol. The average molecular weight is 511 g/mol. The summed E-state index contributed by atoms with van der Waals surface area (Å²) in [4.78, 5) is 30.4. The summed E-state index contributed by atoms with van der Waals surface area (Å²) in [6.45, 7) is 8.20. The van der Waals surface area contributed by atoms with Gasteiger partial charge in [0.1, 0.15) is 11.5 Å². The largest absolute Gasteiger partial charge is 0.507 e. The van der Waals surface area contributed by atoms with Crippen molar-refractivity contribution in [3.63, 3.8) is 0 Å². The van der Waals surface area contributed by atoms with Gasteiger partial charge in [0.15, 0.2) is 11.5 Å². The van der Waals surface area contributed by atoms with Gasteiger partial charge in [0.05, 0.1) is 44.1 Å². The smallest absolute Gasteiger partial charge is 0.295 e. The number of methoxy groups -OCH3 is 1. The molecule has 2 aromatic carbocycles. The summed E-state index contributed by atoms with van der Waals surface area (Å²) in [5, 5.41) is 21.7. The molecule has 2 heterocycles. The Hall–Kier alpha value is -3.56. The van der Waals surface area contributed by atoms with Crippen molar-refractivity contribution in [3.05, 3.63) is 58.7 Å². The maximum Gasteiger partial charge on any atom is 0.295 e. The van der Waals surface area contributed by atoms with Gasteiger partial charge < -0.3 is 29.3 Å². The number of aryl methyl sites for hydroxylation is 1. The van der Waals surface area contributed by atoms with Crippen LogP contribution in [0.15, 0.2) is 42.0 Å². The number of Topliss-reactive ketones (excluding diaryl/α,β-unsaturated/α-hetero) is 1. The van der Waals surface area contributed by atoms with Gasteiger partial charge in [-0.25, -0.2) is 0 Å². The standard InChI is InChI=1S/C28H34N2O7/c1-4-37-22-9-7-19(17-23(22)35-3)25-24(26(32)20-16-18(2)6-8-21(20)31)27(33)28(34)30(25)11-5-10-29-12-14-36-15-13-29/h6-9,16-17,25,31-32H,4-5,10-15H2,1-3H3/b26-24+. The lowest BCUT2D eigenvalue weighted by Gasteiger charge is -2.29. The quantitative estimate of drug-likeness (QED) is 0.301. The van der Waals surface area contributed by atoms with E-state index in [-0.39, 0.29) is 16.9 Å². The molecule has 2 aromatic rings. The Morgan fingerprint density at radius 2 is 1.84 bits per heavy atom. The molecule has 0 spiro atoms. The highest BCUT2D eigenvalue weighted by molar-refractivity contribution is 6.46. The van der Waals surface area contributed by atoms with Crippen molar-refractivity contribution in [1.82, 2.24) is 9.80 Å². The number of carbonyl (C=O) groups excluding carboxylic acids is 2. The highest BCUT2D eigenvalue weighted by Gasteiger charge is 2.46. The molecule has 0 saturated carbocycles. The molecule has 1 amide bonds. The van der Waals surface area contributed by atoms with Crippen molar-refractivity contribution in [2.24, 2.45) is 0 Å². The molecule has 2 aliphatic heterocycles. The molecule has 9 nitrogen and oxygen atoms in total. The van der Waals surface area contributed by atoms with Crippen LogP contribution in [0.3, 0.4) is 0 Å². The highest BCUT2D eigenvalue weighted by atomic mass is 16.5. The summed E-state index contributed by atoms with van der Waals surface area (Å²) in [6, 6.07) is 9.11. The van der Waals surface area contributed by atoms with E-state index in [1.165, 1.54) is 18.1 Å². The van der Waals surface area contributed by atoms with E-state index in [1.807, 2.05) is 13.8 Å². The lowest BCUT2D eigenvalue weighted by Crippen LogP contribution is -2.39. The van der Waals surface area contributed by atoms with Gasteiger partial charge in [0, 0.05) is 26.2 Å². The lowest BCUT2D eigenvalue weighted by molar-refractivity contribution is -0.140. The van der Waals surface area contributed by atoms with E-state index < -0.39 is 23.5 Å². The minimum Gasteiger partial charge on any atom is -0.507 e. The van der Waals surface area contributed by atoms with Crippen LogP contribution < -0.4 is 9.47 Å². The van der Waals surface area contributed by atoms with E-state index >= 15 is 0 Å². The fourth-order valence-corrected chi connectivity index (χ4v) is 4.86. The van der Waals surface area contributed by atoms with E-state index in [9.17, 15) is 19.8 Å². The second-order valence-corrected chi connectivity index (χ2v) is 9.16. The van der Waals surface area contributed by atoms with E-state index in [0.717, 1.165) is 25.2 Å². The Kier molecular flexibility index (Phi) is 8.35. The molecule has 0 radical (unpaired) electrons. The molecule has 2 fully saturated rings. The molecule has 1 atom stereocenters. The Morgan fingerprint density at radius 3 is 2.54 bits per heavy atom. The van der Waals surface area contributed by atoms with Gasteiger partial charge in [-0.3, -0.25) is 14.5 Å². The third-order valence-corrected chi connectivity index (χ3v) is 6.73. The predicted octanol–water partition coefficient (Wildman–Crippen LogP) is 3.25. The number of aliphatic hydroxyl groups is 1. The third-order valence-electron chi connectivity index (χ3n) is 6.73. The number of phenolic OH excluding ortho intramolecular Hbond substituents is 1. The first kappa shape index (κ1) is 26.5. The first-order valence-corrected chi connectivity index (χ1v) is 12.5. The van der Waals surface area contributed by atoms with Gasteiger partial charge in [-0.05, 0) is 50.1 Å². The number of benzene rings is 2. The summed E-state index contributed by atoms with van der Waals surface area (Å²) in [7, 11) is 1.52. The molecular weight excluding hydrogens is 476 g/mol. The van der Waals surface area contributed by atoms with E-state index in [0.29, 0.717) is 49.8 Å². The van der Waals surface area contributed by atoms with Crippen LogP contribution >= 0.6 is 0 Å². The fourth-order valence-electron chi connectivity index (χ4n) is 4.86. The Bertz CT molecular complexity index is 1190. The number of hydrogen-bond acceptors (Lipinski definition) is 8. The number of aromatic hydroxyl groups is 1. The van der Waals surface area contributed by atoms with Crippen molar-refractivity contribution < 1.29 is 34.0 Å². The van der Waals surface area contributed by atoms with Crippen LogP contribution in [-0.2, 0) is 14.3 Å². The zero-order valence-electron chi connectivity index (χ0n) is 21.5. The van der Waals surface area contributed by atoms with Crippen LogP contribution in [0.4, 0.5) is 0 Å². The number of ether oxygens (including phenoxy) is 3. The SMILES string of the molecule is CCOc1ccc(C2/C(=C(\O)c3cc(C)ccc3O)C(=O)C(=O)N2CCCN2CCOCC2)cc1OC. The van der Waals surface area contributed by atoms with Crippen molar-refractivity contribution in [3.8, 4) is 17.2 Å². The molecule has 0 bridgehead atoms. The predicted molar refractivity (Wildman–Crippen MR) is 138 cm³/mol. The molecule has 2 N–H and O–H groups in total. The van der Waals surface area contributed by atoms with Gasteiger partial charge in [-0.1, -0.05) is 17.7 Å². The van der Waals surface area contributed by atoms with Crippen molar-refractivity contribution in [1.29, 1.82) is 0 Å². The second kappa shape index (κ2) is 11.7. The molecular formula is C28H34N2O7. The van der Waals surface area contributed by atoms with Crippen LogP contribution in [0.25, 0.3) is 5.76 Å². The van der Waals surface area contributed by atoms with Crippen molar-refractivity contribution >= 4 is 17.4 Å². The summed E-state index contributed by atoms with van der Waals surface area (Å²) >= 11 is 0. The molecule has 9 heteroatoms. The zero-order valence-corrected chi connectivity index (χ0v) is 21.5. The Labute approximate surface area is 216 Å². The molecule has 198 valence electrons. The first-order chi connectivity index (χ1) is 17.8. The van der Waals surface area contributed by atoms with Crippen LogP contribution in [0.5, 0.6) is 17.2 Å². The normalized spacial score (nSPS) is 19.9. The highest BCUT2D eigenvalue weighted by Crippen LogP contribution is 2.43. The van der Waals surface area contributed by atoms with Crippen molar-refractivity contribution in [2.75, 3.05) is 53.1 Å². The number of aliphatic hydroxyl groups excluding tert-OH is 1. The fraction of sp³-hybridized carbons (Fsp3) is 0.429. The maximum atomic E-state index is 13.3. The van der Waals surface area contributed by atoms with Gasteiger partial charge in [-0.2, -0.15) is 0 Å². The topological polar surface area (TPSA) is 109 Å². The van der Waals surface area contributed by atoms with Crippen LogP contribution in [0, 0.1) is 6.92 Å². The third kappa shape index (κ3) is 5.57. The minimum atomic E-state index is -0.853. The first-order valence-electron chi connectivity index (χ1n) is 12.5. The molecule has 2 aliphatic rings. The second-order valence-electron chi connectivity index (χ2n) is 9.16. The van der Waals surface area contributed by atoms with Crippen LogP contribution in [0.2, 0.25) is 0 Å². The summed E-state index contributed by atoms with van der Waals surface area (Å²) in [5.41, 5.74) is 1.43. The molecule has 2 saturated heterocycles. The number of amides is 1. The van der Waals surface area contributed by atoms with Crippen LogP contribution in [0.1, 0.15) is 36.1 Å². The number of rotatable bonds is 9. The van der Waals surface area contributed by atoms with E-state index in [2.05, 4.69) is 4.90 Å².